The molecule has 12 aromatic rings. The van der Waals surface area contributed by atoms with Crippen molar-refractivity contribution in [2.24, 2.45) is 0 Å². The average molecular weight is 690 g/mol. The number of nitrogens with zero attached hydrogens (tertiary/aromatic N) is 3. The molecule has 250 valence electrons. The summed E-state index contributed by atoms with van der Waals surface area (Å²) in [5, 5.41) is 19.1. The molecule has 0 unspecified atom stereocenters. The molecular weight excluding hydrogens is 663 g/mol. The number of fused-ring (bicyclic) bond motifs is 14. The molecule has 0 saturated heterocycles. The molecule has 0 spiro atoms. The van der Waals surface area contributed by atoms with E-state index in [2.05, 4.69) is 130 Å². The Hall–Kier alpha value is -7.55. The minimum Gasteiger partial charge on any atom is -0.455 e. The lowest BCUT2D eigenvalue weighted by atomic mass is 9.98. The Morgan fingerprint density at radius 3 is 1.56 bits per heavy atom. The highest BCUT2D eigenvalue weighted by Crippen LogP contribution is 2.45. The highest BCUT2D eigenvalue weighted by molar-refractivity contribution is 6.25. The van der Waals surface area contributed by atoms with Gasteiger partial charge in [0.05, 0.1) is 50.2 Å². The van der Waals surface area contributed by atoms with E-state index in [1.54, 1.807) is 0 Å². The molecule has 0 atom stereocenters. The minimum atomic E-state index is 0.621. The van der Waals surface area contributed by atoms with Crippen LogP contribution in [0.5, 0.6) is 0 Å². The third-order valence-corrected chi connectivity index (χ3v) is 11.2. The maximum atomic E-state index is 10.3. The summed E-state index contributed by atoms with van der Waals surface area (Å²) in [5.41, 5.74) is 12.2. The molecule has 0 fully saturated rings. The van der Waals surface area contributed by atoms with Gasteiger partial charge >= 0.3 is 0 Å². The summed E-state index contributed by atoms with van der Waals surface area (Å²) >= 11 is 0. The van der Waals surface area contributed by atoms with Crippen LogP contribution in [0.1, 0.15) is 5.56 Å². The molecular formula is C49H27N3O2. The quantitative estimate of drug-likeness (QED) is 0.185. The smallest absolute Gasteiger partial charge is 0.145 e. The van der Waals surface area contributed by atoms with Crippen LogP contribution in [0.25, 0.3) is 110 Å². The molecule has 12 rings (SSSR count). The first-order valence-corrected chi connectivity index (χ1v) is 18.1. The Labute approximate surface area is 307 Å². The summed E-state index contributed by atoms with van der Waals surface area (Å²) in [7, 11) is 0. The summed E-state index contributed by atoms with van der Waals surface area (Å²) in [6, 6.07) is 59.3. The summed E-state index contributed by atoms with van der Waals surface area (Å²) in [6.45, 7) is 0. The van der Waals surface area contributed by atoms with Gasteiger partial charge in [-0.1, -0.05) is 97.1 Å². The van der Waals surface area contributed by atoms with Crippen LogP contribution in [0.3, 0.4) is 0 Å². The largest absolute Gasteiger partial charge is 0.455 e. The van der Waals surface area contributed by atoms with Gasteiger partial charge in [-0.15, -0.1) is 0 Å². The first-order chi connectivity index (χ1) is 26.8. The van der Waals surface area contributed by atoms with Crippen LogP contribution in [0.15, 0.2) is 173 Å². The molecule has 4 heterocycles. The maximum absolute atomic E-state index is 10.3. The highest BCUT2D eigenvalue weighted by atomic mass is 16.3. The van der Waals surface area contributed by atoms with Gasteiger partial charge in [0, 0.05) is 49.1 Å². The SMILES string of the molecule is N#Cc1ccccc1-c1ccc(-n2c3ccccc3c3c4oc5ccccc5c4ccc32)cc1-n1c2ccccc2c2c3oc4ccccc4c3ccc21. The molecule has 0 saturated carbocycles. The van der Waals surface area contributed by atoms with Crippen LogP contribution in [0.4, 0.5) is 0 Å². The van der Waals surface area contributed by atoms with Gasteiger partial charge in [0.25, 0.3) is 0 Å². The summed E-state index contributed by atoms with van der Waals surface area (Å²) in [5.74, 6) is 0. The zero-order valence-electron chi connectivity index (χ0n) is 28.7. The van der Waals surface area contributed by atoms with E-state index in [0.29, 0.717) is 5.56 Å². The number of rotatable bonds is 3. The molecule has 0 radical (unpaired) electrons. The topological polar surface area (TPSA) is 59.9 Å². The molecule has 8 aromatic carbocycles. The van der Waals surface area contributed by atoms with Crippen molar-refractivity contribution in [3.63, 3.8) is 0 Å². The first kappa shape index (κ1) is 29.1. The van der Waals surface area contributed by atoms with Crippen LogP contribution in [-0.4, -0.2) is 9.13 Å². The zero-order valence-corrected chi connectivity index (χ0v) is 28.7. The number of hydrogen-bond acceptors (Lipinski definition) is 3. The lowest BCUT2D eigenvalue weighted by molar-refractivity contribution is 0.672. The summed E-state index contributed by atoms with van der Waals surface area (Å²) in [6.07, 6.45) is 0. The molecule has 0 bridgehead atoms. The second-order valence-corrected chi connectivity index (χ2v) is 13.9. The molecule has 0 aliphatic rings. The lowest BCUT2D eigenvalue weighted by Gasteiger charge is -2.18. The molecule has 54 heavy (non-hydrogen) atoms. The van der Waals surface area contributed by atoms with Crippen molar-refractivity contribution < 1.29 is 8.83 Å². The first-order valence-electron chi connectivity index (χ1n) is 18.1. The van der Waals surface area contributed by atoms with Crippen molar-refractivity contribution >= 4 is 87.5 Å². The van der Waals surface area contributed by atoms with Crippen LogP contribution in [0, 0.1) is 11.3 Å². The number of nitriles is 1. The van der Waals surface area contributed by atoms with Crippen molar-refractivity contribution in [2.75, 3.05) is 0 Å². The van der Waals surface area contributed by atoms with Crippen molar-refractivity contribution in [1.29, 1.82) is 5.26 Å². The zero-order chi connectivity index (χ0) is 35.5. The van der Waals surface area contributed by atoms with Gasteiger partial charge in [-0.05, 0) is 66.7 Å². The number of hydrogen-bond donors (Lipinski definition) is 0. The molecule has 4 aromatic heterocycles. The fourth-order valence-corrected chi connectivity index (χ4v) is 8.89. The number of furan rings is 2. The van der Waals surface area contributed by atoms with Gasteiger partial charge in [-0.2, -0.15) is 5.26 Å². The van der Waals surface area contributed by atoms with E-state index in [0.717, 1.165) is 110 Å². The lowest BCUT2D eigenvalue weighted by Crippen LogP contribution is -2.02. The van der Waals surface area contributed by atoms with Gasteiger partial charge in [-0.25, -0.2) is 0 Å². The maximum Gasteiger partial charge on any atom is 0.145 e. The highest BCUT2D eigenvalue weighted by Gasteiger charge is 2.23. The van der Waals surface area contributed by atoms with E-state index in [-0.39, 0.29) is 0 Å². The Morgan fingerprint density at radius 2 is 0.926 bits per heavy atom. The monoisotopic (exact) mass is 689 g/mol. The molecule has 0 amide bonds. The van der Waals surface area contributed by atoms with Crippen molar-refractivity contribution in [2.45, 2.75) is 0 Å². The van der Waals surface area contributed by atoms with Gasteiger partial charge < -0.3 is 18.0 Å². The second-order valence-electron chi connectivity index (χ2n) is 13.9. The number of benzene rings is 8. The molecule has 5 heteroatoms. The van der Waals surface area contributed by atoms with E-state index in [4.69, 9.17) is 8.83 Å². The summed E-state index contributed by atoms with van der Waals surface area (Å²) in [4.78, 5) is 0. The van der Waals surface area contributed by atoms with Gasteiger partial charge in [0.15, 0.2) is 0 Å². The fraction of sp³-hybridized carbons (Fsp3) is 0. The Balaban J connectivity index is 1.22. The normalized spacial score (nSPS) is 12.1. The van der Waals surface area contributed by atoms with Gasteiger partial charge in [0.1, 0.15) is 22.3 Å². The standard InChI is InChI=1S/C49H27N3O2/c50-28-29-11-1-2-12-31(29)32-22-21-30(51-39-17-7-3-15-37(39)46-41(51)25-23-35-33-13-5-9-19-44(33)53-48(35)46)27-43(32)52-40-18-8-4-16-38(40)47-42(52)26-24-36-34-14-6-10-20-45(34)54-49(36)47/h1-27H. The predicted octanol–water partition coefficient (Wildman–Crippen LogP) is 13.2. The molecule has 0 aliphatic carbocycles. The Bertz CT molecular complexity index is 3590. The Morgan fingerprint density at radius 1 is 0.407 bits per heavy atom. The molecule has 5 nitrogen and oxygen atoms in total. The minimum absolute atomic E-state index is 0.621. The van der Waals surface area contributed by atoms with Crippen molar-refractivity contribution in [3.8, 4) is 28.6 Å². The van der Waals surface area contributed by atoms with E-state index < -0.39 is 0 Å². The molecule has 0 N–H and O–H groups in total. The number of aromatic nitrogens is 2. The third kappa shape index (κ3) is 3.81. The van der Waals surface area contributed by atoms with E-state index in [1.165, 1.54) is 0 Å². The van der Waals surface area contributed by atoms with Gasteiger partial charge in [0.2, 0.25) is 0 Å². The fourth-order valence-electron chi connectivity index (χ4n) is 8.89. The van der Waals surface area contributed by atoms with E-state index >= 15 is 0 Å². The predicted molar refractivity (Wildman–Crippen MR) is 220 cm³/mol. The van der Waals surface area contributed by atoms with Crippen molar-refractivity contribution in [1.82, 2.24) is 9.13 Å². The van der Waals surface area contributed by atoms with Gasteiger partial charge in [-0.3, -0.25) is 0 Å². The second kappa shape index (κ2) is 10.7. The van der Waals surface area contributed by atoms with E-state index in [1.807, 2.05) is 48.5 Å². The Kier molecular flexibility index (Phi) is 5.78. The van der Waals surface area contributed by atoms with Crippen LogP contribution < -0.4 is 0 Å². The van der Waals surface area contributed by atoms with E-state index in [9.17, 15) is 5.26 Å². The number of para-hydroxylation sites is 4. The van der Waals surface area contributed by atoms with Crippen LogP contribution in [-0.2, 0) is 0 Å². The van der Waals surface area contributed by atoms with Crippen LogP contribution >= 0.6 is 0 Å². The average Bonchev–Trinajstić information content (AvgIpc) is 3.98. The van der Waals surface area contributed by atoms with Crippen molar-refractivity contribution in [3.05, 3.63) is 169 Å². The summed E-state index contributed by atoms with van der Waals surface area (Å²) < 4.78 is 17.9. The third-order valence-electron chi connectivity index (χ3n) is 11.2. The van der Waals surface area contributed by atoms with Crippen LogP contribution in [0.2, 0.25) is 0 Å². The molecule has 0 aliphatic heterocycles.